The van der Waals surface area contributed by atoms with E-state index in [0.29, 0.717) is 11.4 Å². The molecule has 0 bridgehead atoms. The summed E-state index contributed by atoms with van der Waals surface area (Å²) >= 11 is 1.70. The molecule has 2 heterocycles. The van der Waals surface area contributed by atoms with Gasteiger partial charge in [0, 0.05) is 11.4 Å². The number of sulfonamides is 1. The Bertz CT molecular complexity index is 825. The minimum Gasteiger partial charge on any atom is -0.294 e. The second kappa shape index (κ2) is 7.19. The molecule has 6 heteroatoms. The van der Waals surface area contributed by atoms with Gasteiger partial charge in [0.15, 0.2) is 0 Å². The van der Waals surface area contributed by atoms with E-state index in [-0.39, 0.29) is 6.04 Å². The van der Waals surface area contributed by atoms with Crippen molar-refractivity contribution in [3.05, 3.63) is 51.7 Å². The maximum atomic E-state index is 12.8. The van der Waals surface area contributed by atoms with Crippen LogP contribution in [0, 0.1) is 0 Å². The van der Waals surface area contributed by atoms with Gasteiger partial charge in [0.2, 0.25) is 10.0 Å². The summed E-state index contributed by atoms with van der Waals surface area (Å²) in [6.45, 7) is 2.52. The third-order valence-corrected chi connectivity index (χ3v) is 7.69. The maximum Gasteiger partial charge on any atom is 0.240 e. The van der Waals surface area contributed by atoms with E-state index in [4.69, 9.17) is 0 Å². The van der Waals surface area contributed by atoms with Gasteiger partial charge in [0.1, 0.15) is 0 Å². The van der Waals surface area contributed by atoms with E-state index in [1.54, 1.807) is 17.4 Å². The van der Waals surface area contributed by atoms with Crippen LogP contribution < -0.4 is 4.72 Å². The summed E-state index contributed by atoms with van der Waals surface area (Å²) < 4.78 is 28.5. The summed E-state index contributed by atoms with van der Waals surface area (Å²) in [5.41, 5.74) is 2.49. The fourth-order valence-corrected chi connectivity index (χ4v) is 5.88. The number of aryl methyl sites for hydroxylation is 2. The first-order valence-corrected chi connectivity index (χ1v) is 11.4. The second-order valence-corrected chi connectivity index (χ2v) is 9.66. The van der Waals surface area contributed by atoms with E-state index in [0.717, 1.165) is 32.4 Å². The summed E-state index contributed by atoms with van der Waals surface area (Å²) in [5, 5.41) is 2.06. The smallest absolute Gasteiger partial charge is 0.240 e. The maximum absolute atomic E-state index is 12.8. The van der Waals surface area contributed by atoms with Gasteiger partial charge < -0.3 is 0 Å². The zero-order valence-electron chi connectivity index (χ0n) is 14.3. The summed E-state index contributed by atoms with van der Waals surface area (Å²) in [7, 11) is -3.47. The summed E-state index contributed by atoms with van der Waals surface area (Å²) in [4.78, 5) is 4.04. The lowest BCUT2D eigenvalue weighted by atomic mass is 10.1. The van der Waals surface area contributed by atoms with Crippen LogP contribution in [0.25, 0.3) is 0 Å². The monoisotopic (exact) mass is 376 g/mol. The lowest BCUT2D eigenvalue weighted by molar-refractivity contribution is 0.250. The number of thiophene rings is 1. The molecule has 1 atom stereocenters. The van der Waals surface area contributed by atoms with Crippen molar-refractivity contribution in [2.45, 2.75) is 43.0 Å². The molecule has 1 saturated heterocycles. The molecule has 1 fully saturated rings. The van der Waals surface area contributed by atoms with Gasteiger partial charge in [-0.2, -0.15) is 0 Å². The molecule has 1 aliphatic heterocycles. The molecule has 1 N–H and O–H groups in total. The van der Waals surface area contributed by atoms with E-state index >= 15 is 0 Å². The first kappa shape index (κ1) is 17.2. The molecule has 25 heavy (non-hydrogen) atoms. The molecular weight excluding hydrogens is 352 g/mol. The Labute approximate surface area is 153 Å². The van der Waals surface area contributed by atoms with Crippen molar-refractivity contribution in [1.82, 2.24) is 9.62 Å². The summed E-state index contributed by atoms with van der Waals surface area (Å²) in [6.07, 6.45) is 5.57. The molecule has 1 aromatic carbocycles. The predicted molar refractivity (Wildman–Crippen MR) is 102 cm³/mol. The Morgan fingerprint density at radius 1 is 1.08 bits per heavy atom. The van der Waals surface area contributed by atoms with Gasteiger partial charge in [-0.3, -0.25) is 4.90 Å². The van der Waals surface area contributed by atoms with Gasteiger partial charge in [-0.15, -0.1) is 11.3 Å². The highest BCUT2D eigenvalue weighted by Crippen LogP contribution is 2.29. The highest BCUT2D eigenvalue weighted by molar-refractivity contribution is 7.89. The van der Waals surface area contributed by atoms with E-state index in [1.165, 1.54) is 28.8 Å². The number of hydrogen-bond donors (Lipinski definition) is 1. The van der Waals surface area contributed by atoms with Crippen LogP contribution in [-0.2, 0) is 22.9 Å². The highest BCUT2D eigenvalue weighted by Gasteiger charge is 2.26. The first-order valence-electron chi connectivity index (χ1n) is 9.02. The minimum atomic E-state index is -3.47. The SMILES string of the molecule is O=S(=O)(NCC(c1cccs1)N1CCCC1)c1ccc2c(c1)CCC2. The predicted octanol–water partition coefficient (Wildman–Crippen LogP) is 3.35. The quantitative estimate of drug-likeness (QED) is 0.841. The van der Waals surface area contributed by atoms with Crippen molar-refractivity contribution < 1.29 is 8.42 Å². The molecule has 0 spiro atoms. The minimum absolute atomic E-state index is 0.131. The molecule has 2 aromatic rings. The number of rotatable bonds is 6. The molecule has 1 aromatic heterocycles. The average molecular weight is 377 g/mol. The Morgan fingerprint density at radius 3 is 2.64 bits per heavy atom. The molecule has 2 aliphatic rings. The van der Waals surface area contributed by atoms with Crippen LogP contribution in [-0.4, -0.2) is 33.0 Å². The van der Waals surface area contributed by atoms with Gasteiger partial charge in [-0.1, -0.05) is 12.1 Å². The molecule has 0 radical (unpaired) electrons. The van der Waals surface area contributed by atoms with Crippen LogP contribution in [0.4, 0.5) is 0 Å². The van der Waals surface area contributed by atoms with Crippen LogP contribution in [0.15, 0.2) is 40.6 Å². The van der Waals surface area contributed by atoms with Crippen molar-refractivity contribution in [3.8, 4) is 0 Å². The van der Waals surface area contributed by atoms with Gasteiger partial charge >= 0.3 is 0 Å². The first-order chi connectivity index (χ1) is 12.1. The Morgan fingerprint density at radius 2 is 1.88 bits per heavy atom. The topological polar surface area (TPSA) is 49.4 Å². The number of nitrogens with one attached hydrogen (secondary N) is 1. The molecule has 1 unspecified atom stereocenters. The summed E-state index contributed by atoms with van der Waals surface area (Å²) in [6, 6.07) is 9.87. The van der Waals surface area contributed by atoms with E-state index in [2.05, 4.69) is 21.1 Å². The van der Waals surface area contributed by atoms with Crippen molar-refractivity contribution >= 4 is 21.4 Å². The Hall–Kier alpha value is -1.21. The number of hydrogen-bond acceptors (Lipinski definition) is 4. The fourth-order valence-electron chi connectivity index (χ4n) is 3.93. The molecule has 4 rings (SSSR count). The van der Waals surface area contributed by atoms with Crippen molar-refractivity contribution in [1.29, 1.82) is 0 Å². The average Bonchev–Trinajstić information content (AvgIpc) is 3.36. The van der Waals surface area contributed by atoms with Gasteiger partial charge in [0.05, 0.1) is 10.9 Å². The number of likely N-dealkylation sites (tertiary alicyclic amines) is 1. The van der Waals surface area contributed by atoms with Crippen LogP contribution in [0.2, 0.25) is 0 Å². The lowest BCUT2D eigenvalue weighted by Gasteiger charge is -2.26. The molecule has 4 nitrogen and oxygen atoms in total. The largest absolute Gasteiger partial charge is 0.294 e. The van der Waals surface area contributed by atoms with Crippen molar-refractivity contribution in [2.75, 3.05) is 19.6 Å². The summed E-state index contributed by atoms with van der Waals surface area (Å²) in [5.74, 6) is 0. The zero-order chi connectivity index (χ0) is 17.3. The fraction of sp³-hybridized carbons (Fsp3) is 0.474. The van der Waals surface area contributed by atoms with Gasteiger partial charge in [-0.25, -0.2) is 13.1 Å². The van der Waals surface area contributed by atoms with E-state index < -0.39 is 10.0 Å². The van der Waals surface area contributed by atoms with Crippen LogP contribution >= 0.6 is 11.3 Å². The van der Waals surface area contributed by atoms with E-state index in [9.17, 15) is 8.42 Å². The van der Waals surface area contributed by atoms with Crippen LogP contribution in [0.3, 0.4) is 0 Å². The highest BCUT2D eigenvalue weighted by atomic mass is 32.2. The Balaban J connectivity index is 1.51. The number of benzene rings is 1. The van der Waals surface area contributed by atoms with Crippen molar-refractivity contribution in [2.24, 2.45) is 0 Å². The van der Waals surface area contributed by atoms with Gasteiger partial charge in [0.25, 0.3) is 0 Å². The molecule has 1 aliphatic carbocycles. The zero-order valence-corrected chi connectivity index (χ0v) is 15.9. The molecular formula is C19H24N2O2S2. The van der Waals surface area contributed by atoms with Gasteiger partial charge in [-0.05, 0) is 79.9 Å². The van der Waals surface area contributed by atoms with E-state index in [1.807, 2.05) is 18.2 Å². The molecule has 134 valence electrons. The third-order valence-electron chi connectivity index (χ3n) is 5.30. The molecule has 0 amide bonds. The third kappa shape index (κ3) is 3.67. The standard InChI is InChI=1S/C19H24N2O2S2/c22-25(23,17-9-8-15-5-3-6-16(15)13-17)20-14-18(19-7-4-12-24-19)21-10-1-2-11-21/h4,7-9,12-13,18,20H,1-3,5-6,10-11,14H2. The Kier molecular flexibility index (Phi) is 4.95. The number of nitrogens with zero attached hydrogens (tertiary/aromatic N) is 1. The second-order valence-electron chi connectivity index (χ2n) is 6.91. The van der Waals surface area contributed by atoms with Crippen LogP contribution in [0.5, 0.6) is 0 Å². The number of fused-ring (bicyclic) bond motifs is 1. The van der Waals surface area contributed by atoms with Crippen LogP contribution in [0.1, 0.15) is 41.3 Å². The van der Waals surface area contributed by atoms with Crippen molar-refractivity contribution in [3.63, 3.8) is 0 Å². The molecule has 0 saturated carbocycles. The normalized spacial score (nSPS) is 19.2. The lowest BCUT2D eigenvalue weighted by Crippen LogP contribution is -2.36.